The fourth-order valence-corrected chi connectivity index (χ4v) is 2.25. The summed E-state index contributed by atoms with van der Waals surface area (Å²) in [5.41, 5.74) is -0.217. The van der Waals surface area contributed by atoms with Crippen LogP contribution in [0.3, 0.4) is 0 Å². The molecular formula is C9H5Cl2F2NO3S. The Kier molecular flexibility index (Phi) is 4.73. The monoisotopic (exact) mass is 315 g/mol. The number of hydrogen-bond donors (Lipinski definition) is 0. The summed E-state index contributed by atoms with van der Waals surface area (Å²) in [5, 5.41) is 8.81. The van der Waals surface area contributed by atoms with Crippen LogP contribution < -0.4 is 4.74 Å². The topological polar surface area (TPSA) is 67.2 Å². The number of alkyl halides is 3. The quantitative estimate of drug-likeness (QED) is 0.633. The van der Waals surface area contributed by atoms with E-state index >= 15 is 0 Å². The first kappa shape index (κ1) is 15.0. The van der Waals surface area contributed by atoms with Crippen LogP contribution in [0.4, 0.5) is 8.78 Å². The van der Waals surface area contributed by atoms with Crippen LogP contribution in [-0.4, -0.2) is 15.0 Å². The van der Waals surface area contributed by atoms with E-state index in [-0.39, 0.29) is 17.0 Å². The Labute approximate surface area is 111 Å². The second-order valence-corrected chi connectivity index (χ2v) is 5.84. The minimum Gasteiger partial charge on any atom is -0.434 e. The first-order valence-electron chi connectivity index (χ1n) is 4.32. The van der Waals surface area contributed by atoms with Crippen LogP contribution in [0.25, 0.3) is 0 Å². The van der Waals surface area contributed by atoms with Gasteiger partial charge in [-0.3, -0.25) is 0 Å². The fourth-order valence-electron chi connectivity index (χ4n) is 1.20. The third-order valence-corrected chi connectivity index (χ3v) is 3.53. The van der Waals surface area contributed by atoms with Gasteiger partial charge in [-0.05, 0) is 6.07 Å². The predicted molar refractivity (Wildman–Crippen MR) is 60.4 cm³/mol. The Hall–Kier alpha value is -1.10. The minimum absolute atomic E-state index is 0.0245. The van der Waals surface area contributed by atoms with Crippen LogP contribution in [0.2, 0.25) is 0 Å². The van der Waals surface area contributed by atoms with E-state index < -0.39 is 26.3 Å². The number of nitrogens with zero attached hydrogens (tertiary/aromatic N) is 1. The Morgan fingerprint density at radius 2 is 2.06 bits per heavy atom. The Balaban J connectivity index is 3.52. The molecule has 0 heterocycles. The molecule has 1 aromatic rings. The van der Waals surface area contributed by atoms with E-state index in [4.69, 9.17) is 27.5 Å². The number of nitriles is 1. The molecule has 18 heavy (non-hydrogen) atoms. The van der Waals surface area contributed by atoms with E-state index in [0.717, 1.165) is 12.1 Å². The molecule has 0 amide bonds. The van der Waals surface area contributed by atoms with E-state index in [1.807, 2.05) is 0 Å². The smallest absolute Gasteiger partial charge is 0.387 e. The fraction of sp³-hybridized carbons (Fsp3) is 0.222. The summed E-state index contributed by atoms with van der Waals surface area (Å²) in [7, 11) is 0.913. The summed E-state index contributed by atoms with van der Waals surface area (Å²) in [6.45, 7) is -3.17. The molecule has 0 saturated heterocycles. The lowest BCUT2D eigenvalue weighted by Crippen LogP contribution is -2.06. The van der Waals surface area contributed by atoms with Crippen LogP contribution >= 0.6 is 22.3 Å². The first-order chi connectivity index (χ1) is 8.29. The molecule has 0 N–H and O–H groups in total. The van der Waals surface area contributed by atoms with Crippen LogP contribution in [0, 0.1) is 11.3 Å². The molecule has 0 atom stereocenters. The van der Waals surface area contributed by atoms with Gasteiger partial charge in [0.05, 0.1) is 22.4 Å². The van der Waals surface area contributed by atoms with Crippen molar-refractivity contribution in [1.29, 1.82) is 5.26 Å². The maximum Gasteiger partial charge on any atom is 0.387 e. The van der Waals surface area contributed by atoms with Crippen molar-refractivity contribution in [2.75, 3.05) is 0 Å². The number of rotatable bonds is 4. The molecule has 0 radical (unpaired) electrons. The zero-order valence-corrected chi connectivity index (χ0v) is 10.9. The first-order valence-corrected chi connectivity index (χ1v) is 7.16. The zero-order chi connectivity index (χ0) is 13.9. The SMILES string of the molecule is N#Cc1cc(S(=O)(=O)Cl)cc(OC(F)F)c1CCl. The average Bonchev–Trinajstić information content (AvgIpc) is 2.25. The second-order valence-electron chi connectivity index (χ2n) is 3.01. The van der Waals surface area contributed by atoms with Crippen molar-refractivity contribution in [2.45, 2.75) is 17.4 Å². The van der Waals surface area contributed by atoms with Crippen molar-refractivity contribution < 1.29 is 21.9 Å². The summed E-state index contributed by atoms with van der Waals surface area (Å²) in [5.74, 6) is -0.772. The normalized spacial score (nSPS) is 11.3. The van der Waals surface area contributed by atoms with E-state index in [9.17, 15) is 17.2 Å². The van der Waals surface area contributed by atoms with Gasteiger partial charge in [-0.2, -0.15) is 14.0 Å². The Morgan fingerprint density at radius 1 is 1.44 bits per heavy atom. The Morgan fingerprint density at radius 3 is 2.44 bits per heavy atom. The van der Waals surface area contributed by atoms with Crippen LogP contribution in [-0.2, 0) is 14.9 Å². The summed E-state index contributed by atoms with van der Waals surface area (Å²) in [4.78, 5) is -0.509. The molecule has 0 unspecified atom stereocenters. The van der Waals surface area contributed by atoms with Crippen LogP contribution in [0.5, 0.6) is 5.75 Å². The highest BCUT2D eigenvalue weighted by molar-refractivity contribution is 8.13. The largest absolute Gasteiger partial charge is 0.434 e. The predicted octanol–water partition coefficient (Wildman–Crippen LogP) is 2.83. The number of benzene rings is 1. The molecule has 1 rings (SSSR count). The Bertz CT molecular complexity index is 599. The summed E-state index contributed by atoms with van der Waals surface area (Å²) < 4.78 is 50.7. The molecule has 0 fully saturated rings. The molecule has 9 heteroatoms. The van der Waals surface area contributed by atoms with Gasteiger partial charge in [-0.15, -0.1) is 11.6 Å². The van der Waals surface area contributed by atoms with Crippen LogP contribution in [0.15, 0.2) is 17.0 Å². The summed E-state index contributed by atoms with van der Waals surface area (Å²) in [6.07, 6.45) is 0. The van der Waals surface area contributed by atoms with Crippen molar-refractivity contribution in [2.24, 2.45) is 0 Å². The van der Waals surface area contributed by atoms with E-state index in [1.54, 1.807) is 6.07 Å². The van der Waals surface area contributed by atoms with Crippen molar-refractivity contribution in [3.8, 4) is 11.8 Å². The van der Waals surface area contributed by atoms with Gasteiger partial charge in [0.2, 0.25) is 0 Å². The minimum atomic E-state index is -4.17. The molecule has 0 aliphatic carbocycles. The van der Waals surface area contributed by atoms with Gasteiger partial charge in [0, 0.05) is 22.3 Å². The third kappa shape index (κ3) is 3.45. The van der Waals surface area contributed by atoms with Crippen molar-refractivity contribution in [3.63, 3.8) is 0 Å². The number of hydrogen-bond acceptors (Lipinski definition) is 4. The molecular weight excluding hydrogens is 311 g/mol. The van der Waals surface area contributed by atoms with Gasteiger partial charge >= 0.3 is 6.61 Å². The maximum atomic E-state index is 12.2. The van der Waals surface area contributed by atoms with Crippen molar-refractivity contribution in [1.82, 2.24) is 0 Å². The number of halogens is 4. The zero-order valence-electron chi connectivity index (χ0n) is 8.53. The van der Waals surface area contributed by atoms with Gasteiger partial charge in [0.15, 0.2) is 0 Å². The lowest BCUT2D eigenvalue weighted by Gasteiger charge is -2.11. The molecule has 4 nitrogen and oxygen atoms in total. The highest BCUT2D eigenvalue weighted by Crippen LogP contribution is 2.30. The van der Waals surface area contributed by atoms with Crippen molar-refractivity contribution >= 4 is 31.3 Å². The van der Waals surface area contributed by atoms with Crippen LogP contribution in [0.1, 0.15) is 11.1 Å². The highest BCUT2D eigenvalue weighted by Gasteiger charge is 2.20. The maximum absolute atomic E-state index is 12.2. The van der Waals surface area contributed by atoms with Gasteiger partial charge in [-0.25, -0.2) is 8.42 Å². The van der Waals surface area contributed by atoms with Gasteiger partial charge < -0.3 is 4.74 Å². The van der Waals surface area contributed by atoms with E-state index in [1.165, 1.54) is 0 Å². The third-order valence-electron chi connectivity index (χ3n) is 1.93. The lowest BCUT2D eigenvalue weighted by atomic mass is 10.1. The highest BCUT2D eigenvalue weighted by atomic mass is 35.7. The molecule has 1 aromatic carbocycles. The molecule has 0 aliphatic rings. The molecule has 0 aromatic heterocycles. The lowest BCUT2D eigenvalue weighted by molar-refractivity contribution is -0.0505. The summed E-state index contributed by atoms with van der Waals surface area (Å²) in [6, 6.07) is 3.38. The molecule has 0 aliphatic heterocycles. The molecule has 0 saturated carbocycles. The van der Waals surface area contributed by atoms with Gasteiger partial charge in [-0.1, -0.05) is 0 Å². The van der Waals surface area contributed by atoms with Gasteiger partial charge in [0.25, 0.3) is 9.05 Å². The molecule has 98 valence electrons. The van der Waals surface area contributed by atoms with E-state index in [0.29, 0.717) is 0 Å². The average molecular weight is 316 g/mol. The van der Waals surface area contributed by atoms with Crippen molar-refractivity contribution in [3.05, 3.63) is 23.3 Å². The van der Waals surface area contributed by atoms with Gasteiger partial charge in [0.1, 0.15) is 5.75 Å². The standard InChI is InChI=1S/C9H5Cl2F2NO3S/c10-3-7-5(4-14)1-6(18(11,15)16)2-8(7)17-9(12)13/h1-2,9H,3H2. The second kappa shape index (κ2) is 5.69. The summed E-state index contributed by atoms with van der Waals surface area (Å²) >= 11 is 5.51. The van der Waals surface area contributed by atoms with E-state index in [2.05, 4.69) is 4.74 Å². The molecule has 0 spiro atoms. The number of ether oxygens (including phenoxy) is 1. The molecule has 0 bridgehead atoms.